The number of aromatic hydroxyl groups is 2. The SMILES string of the molecule is CC(=O)c1c(C)c(O)c2cc(C(=O)O)cc(OC3OC4C(O)C5(CCCC5)CC5OC4(CC4C6=C5CC=C6C5(CCCO)COCC6CC78CC4(NNC7C4(CCCC4)C4(CCCC47CCC4(CCCC4)C7)C8)C65)C(O)C3O)c2c1O. The quantitative estimate of drug-likeness (QED) is 0.0928. The zero-order chi connectivity index (χ0) is 55.6. The minimum atomic E-state index is -1.82. The van der Waals surface area contributed by atoms with E-state index in [1.54, 1.807) is 0 Å². The average Bonchev–Trinajstić information content (AvgIpc) is 2.06. The molecular weight excluding hydrogens is 1030 g/mol. The normalized spacial score (nSPS) is 45.1. The molecule has 438 valence electrons. The second-order valence-electron chi connectivity index (χ2n) is 30.1. The number of ether oxygens (including phenoxy) is 4. The maximum atomic E-state index is 13.6. The molecule has 5 aliphatic heterocycles. The lowest BCUT2D eigenvalue weighted by molar-refractivity contribution is -0.340. The van der Waals surface area contributed by atoms with Crippen molar-refractivity contribution in [2.45, 2.75) is 235 Å². The van der Waals surface area contributed by atoms with Crippen molar-refractivity contribution in [1.29, 1.82) is 0 Å². The number of aromatic carboxylic acids is 1. The number of ketones is 1. The highest BCUT2D eigenvalue weighted by Crippen LogP contribution is 2.85. The van der Waals surface area contributed by atoms with E-state index in [9.17, 15) is 45.3 Å². The van der Waals surface area contributed by atoms with Gasteiger partial charge in [-0.05, 0) is 204 Å². The van der Waals surface area contributed by atoms with E-state index in [-0.39, 0.29) is 86.3 Å². The molecule has 12 fully saturated rings. The summed E-state index contributed by atoms with van der Waals surface area (Å²) in [6.45, 7) is 4.03. The minimum Gasteiger partial charge on any atom is -0.507 e. The Morgan fingerprint density at radius 1 is 0.827 bits per heavy atom. The topological polar surface area (TPSA) is 237 Å². The highest BCUT2D eigenvalue weighted by Gasteiger charge is 2.83. The Morgan fingerprint density at radius 2 is 1.59 bits per heavy atom. The van der Waals surface area contributed by atoms with Crippen LogP contribution in [0, 0.1) is 62.6 Å². The number of carbonyl (C=O) groups excluding carboxylic acids is 1. The van der Waals surface area contributed by atoms with Crippen LogP contribution in [0.2, 0.25) is 0 Å². The molecule has 2 aromatic carbocycles. The Labute approximate surface area is 474 Å². The molecule has 14 aliphatic rings. The summed E-state index contributed by atoms with van der Waals surface area (Å²) in [6.07, 6.45) is 22.3. The van der Waals surface area contributed by atoms with Gasteiger partial charge in [0, 0.05) is 52.5 Å². The second-order valence-corrected chi connectivity index (χ2v) is 30.1. The van der Waals surface area contributed by atoms with Gasteiger partial charge in [-0.25, -0.2) is 4.79 Å². The van der Waals surface area contributed by atoms with E-state index in [2.05, 4.69) is 16.9 Å². The molecule has 16 rings (SSSR count). The van der Waals surface area contributed by atoms with Gasteiger partial charge < -0.3 is 54.7 Å². The summed E-state index contributed by atoms with van der Waals surface area (Å²) < 4.78 is 28.6. The number of allylic oxidation sites excluding steroid dienone is 1. The Bertz CT molecular complexity index is 3100. The number of aliphatic hydroxyl groups is 4. The van der Waals surface area contributed by atoms with Gasteiger partial charge in [0.15, 0.2) is 5.78 Å². The fraction of sp³-hybridized carbons (Fsp3) is 0.758. The lowest BCUT2D eigenvalue weighted by Gasteiger charge is -2.72. The van der Waals surface area contributed by atoms with Gasteiger partial charge in [-0.15, -0.1) is 0 Å². The molecule has 5 heterocycles. The summed E-state index contributed by atoms with van der Waals surface area (Å²) in [5, 5.41) is 84.3. The third-order valence-electron chi connectivity index (χ3n) is 27.2. The smallest absolute Gasteiger partial charge is 0.335 e. The van der Waals surface area contributed by atoms with E-state index in [1.807, 2.05) is 0 Å². The number of hydrogen-bond donors (Lipinski definition) is 9. The summed E-state index contributed by atoms with van der Waals surface area (Å²) in [4.78, 5) is 25.8. The molecule has 0 radical (unpaired) electrons. The van der Waals surface area contributed by atoms with Crippen LogP contribution in [-0.2, 0) is 14.2 Å². The highest BCUT2D eigenvalue weighted by molar-refractivity contribution is 6.11. The van der Waals surface area contributed by atoms with Crippen LogP contribution in [-0.4, -0.2) is 121 Å². The van der Waals surface area contributed by atoms with Crippen molar-refractivity contribution in [2.75, 3.05) is 19.8 Å². The number of nitrogens with one attached hydrogen (secondary N) is 2. The fourth-order valence-corrected chi connectivity index (χ4v) is 25.0. The first-order chi connectivity index (χ1) is 38.9. The van der Waals surface area contributed by atoms with Gasteiger partial charge in [0.2, 0.25) is 6.29 Å². The van der Waals surface area contributed by atoms with Crippen molar-refractivity contribution in [3.05, 3.63) is 51.6 Å². The highest BCUT2D eigenvalue weighted by atomic mass is 16.7. The number of rotatable bonds is 7. The first-order valence-electron chi connectivity index (χ1n) is 31.9. The van der Waals surface area contributed by atoms with E-state index in [1.165, 1.54) is 133 Å². The number of hydrogen-bond acceptors (Lipinski definition) is 14. The van der Waals surface area contributed by atoms with E-state index in [4.69, 9.17) is 18.9 Å². The Kier molecular flexibility index (Phi) is 11.4. The molecule has 4 bridgehead atoms. The lowest BCUT2D eigenvalue weighted by atomic mass is 9.38. The Hall–Kier alpha value is -3.64. The standard InChI is InChI=1S/C66H86N2O13/c1-35-45(36(2)70)49(72)47-40(48(35)71)25-37(55(76)77)26-43(47)79-56-50(73)52(74)66-28-42-46-39(44(81-66)29-59(15-5-6-16-59)53(75)54(66)80-56)11-12-41(46)62(18-10-24-69)34-78-30-38-27-60-32-64(21-9-17-61(64)23-22-58(31-61)13-3-4-14-58)63(19-7-8-20-63)57(60)67-68-65(42,33-60)51(38)62/h12,25-26,38,42,44,50-54,56-57,67-69,71-75H,3-11,13-24,27-34H2,1-2H3,(H,76,77). The van der Waals surface area contributed by atoms with Gasteiger partial charge in [0.25, 0.3) is 0 Å². The van der Waals surface area contributed by atoms with Crippen LogP contribution >= 0.6 is 0 Å². The number of phenols is 2. The molecule has 8 saturated carbocycles. The van der Waals surface area contributed by atoms with E-state index in [0.717, 1.165) is 38.2 Å². The number of phenolic OH excluding ortho intramolecular Hbond substituents is 2. The number of aliphatic hydroxyl groups excluding tert-OH is 4. The minimum absolute atomic E-state index is 0.0543. The van der Waals surface area contributed by atoms with Crippen LogP contribution in [0.4, 0.5) is 0 Å². The van der Waals surface area contributed by atoms with Gasteiger partial charge in [-0.2, -0.15) is 0 Å². The summed E-state index contributed by atoms with van der Waals surface area (Å²) in [5.41, 5.74) is 10.1. The predicted octanol–water partition coefficient (Wildman–Crippen LogP) is 9.28. The van der Waals surface area contributed by atoms with Crippen LogP contribution in [0.5, 0.6) is 17.2 Å². The molecular formula is C66H86N2O13. The van der Waals surface area contributed by atoms with Crippen molar-refractivity contribution < 1.29 is 64.3 Å². The first kappa shape index (κ1) is 52.9. The third kappa shape index (κ3) is 6.47. The molecule has 8 spiro atoms. The summed E-state index contributed by atoms with van der Waals surface area (Å²) in [7, 11) is 0. The van der Waals surface area contributed by atoms with Crippen molar-refractivity contribution in [1.82, 2.24) is 10.9 Å². The number of carboxylic acids is 1. The average molecular weight is 1120 g/mol. The summed E-state index contributed by atoms with van der Waals surface area (Å²) in [5.74, 6) is -3.06. The Balaban J connectivity index is 0.855. The van der Waals surface area contributed by atoms with Crippen LogP contribution in [0.25, 0.3) is 10.8 Å². The van der Waals surface area contributed by atoms with E-state index in [0.29, 0.717) is 56.1 Å². The van der Waals surface area contributed by atoms with Gasteiger partial charge in [0.05, 0.1) is 35.3 Å². The number of hydrazine groups is 1. The van der Waals surface area contributed by atoms with Crippen molar-refractivity contribution in [2.24, 2.45) is 55.7 Å². The van der Waals surface area contributed by atoms with Crippen LogP contribution in [0.15, 0.2) is 34.9 Å². The van der Waals surface area contributed by atoms with Gasteiger partial charge in [-0.3, -0.25) is 15.6 Å². The fourth-order valence-electron chi connectivity index (χ4n) is 25.0. The number of carbonyl (C=O) groups is 2. The van der Waals surface area contributed by atoms with Crippen molar-refractivity contribution in [3.63, 3.8) is 0 Å². The molecule has 16 unspecified atom stereocenters. The molecule has 2 aromatic rings. The zero-order valence-electron chi connectivity index (χ0n) is 47.6. The largest absolute Gasteiger partial charge is 0.507 e. The number of fused-ring (bicyclic) bond motifs is 7. The molecule has 15 nitrogen and oxygen atoms in total. The predicted molar refractivity (Wildman–Crippen MR) is 297 cm³/mol. The molecule has 16 atom stereocenters. The molecule has 0 amide bonds. The van der Waals surface area contributed by atoms with Gasteiger partial charge >= 0.3 is 5.97 Å². The zero-order valence-corrected chi connectivity index (χ0v) is 47.6. The second kappa shape index (κ2) is 17.5. The number of Topliss-reactive ketones (excluding diaryl/α,β-unsaturated/α-hetero) is 1. The Morgan fingerprint density at radius 3 is 2.35 bits per heavy atom. The molecule has 9 N–H and O–H groups in total. The summed E-state index contributed by atoms with van der Waals surface area (Å²) in [6, 6.07) is 2.65. The summed E-state index contributed by atoms with van der Waals surface area (Å²) >= 11 is 0. The van der Waals surface area contributed by atoms with Gasteiger partial charge in [-0.1, -0.05) is 51.0 Å². The van der Waals surface area contributed by atoms with Gasteiger partial charge in [0.1, 0.15) is 41.2 Å². The molecule has 81 heavy (non-hydrogen) atoms. The third-order valence-corrected chi connectivity index (χ3v) is 27.2. The lowest BCUT2D eigenvalue weighted by Crippen LogP contribution is -2.82. The van der Waals surface area contributed by atoms with Crippen LogP contribution < -0.4 is 15.6 Å². The molecule has 9 aliphatic carbocycles. The van der Waals surface area contributed by atoms with Crippen molar-refractivity contribution >= 4 is 22.5 Å². The van der Waals surface area contributed by atoms with E-state index >= 15 is 0 Å². The maximum Gasteiger partial charge on any atom is 0.335 e. The number of benzene rings is 2. The first-order valence-corrected chi connectivity index (χ1v) is 31.9. The van der Waals surface area contributed by atoms with Crippen LogP contribution in [0.1, 0.15) is 200 Å². The van der Waals surface area contributed by atoms with E-state index < -0.39 is 82.0 Å². The monoisotopic (exact) mass is 1110 g/mol. The molecule has 4 saturated heterocycles. The number of carboxylic acid groups (broad SMARTS) is 1. The van der Waals surface area contributed by atoms with Crippen molar-refractivity contribution in [3.8, 4) is 17.2 Å². The maximum absolute atomic E-state index is 13.6. The van der Waals surface area contributed by atoms with Crippen LogP contribution in [0.3, 0.4) is 0 Å². The molecule has 0 aromatic heterocycles. The molecule has 15 heteroatoms.